The smallest absolute Gasteiger partial charge is 0.311 e. The zero-order chi connectivity index (χ0) is 15.6. The van der Waals surface area contributed by atoms with Gasteiger partial charge in [0.05, 0.1) is 17.4 Å². The first kappa shape index (κ1) is 15.0. The van der Waals surface area contributed by atoms with Gasteiger partial charge in [-0.1, -0.05) is 30.3 Å². The third-order valence-corrected chi connectivity index (χ3v) is 4.70. The molecule has 2 atom stereocenters. The van der Waals surface area contributed by atoms with Gasteiger partial charge in [-0.25, -0.2) is 0 Å². The van der Waals surface area contributed by atoms with E-state index in [-0.39, 0.29) is 24.5 Å². The summed E-state index contributed by atoms with van der Waals surface area (Å²) in [5, 5.41) is 12.0. The molecule has 2 aliphatic rings. The fourth-order valence-corrected chi connectivity index (χ4v) is 3.03. The van der Waals surface area contributed by atoms with Crippen LogP contribution in [0.1, 0.15) is 37.4 Å². The Labute approximate surface area is 129 Å². The number of rotatable bonds is 5. The topological polar surface area (TPSA) is 75.6 Å². The molecule has 1 saturated carbocycles. The Kier molecular flexibility index (Phi) is 4.16. The zero-order valence-corrected chi connectivity index (χ0v) is 12.5. The van der Waals surface area contributed by atoms with E-state index in [1.807, 2.05) is 30.3 Å². The first-order chi connectivity index (χ1) is 10.6. The Bertz CT molecular complexity index is 553. The highest BCUT2D eigenvalue weighted by Gasteiger charge is 2.50. The minimum atomic E-state index is -0.813. The summed E-state index contributed by atoms with van der Waals surface area (Å²) in [5.74, 6) is -1.16. The lowest BCUT2D eigenvalue weighted by Crippen LogP contribution is -2.41. The Morgan fingerprint density at radius 3 is 2.64 bits per heavy atom. The molecule has 1 aliphatic heterocycles. The Morgan fingerprint density at radius 1 is 1.27 bits per heavy atom. The molecule has 2 fully saturated rings. The van der Waals surface area contributed by atoms with Gasteiger partial charge in [-0.15, -0.1) is 0 Å². The second-order valence-electron chi connectivity index (χ2n) is 6.25. The summed E-state index contributed by atoms with van der Waals surface area (Å²) in [5.41, 5.74) is 0.273. The molecule has 1 amide bonds. The van der Waals surface area contributed by atoms with E-state index in [0.717, 1.165) is 18.4 Å². The number of carboxylic acids is 1. The molecule has 1 aromatic carbocycles. The zero-order valence-electron chi connectivity index (χ0n) is 12.5. The van der Waals surface area contributed by atoms with Crippen molar-refractivity contribution in [2.24, 2.45) is 11.3 Å². The minimum Gasteiger partial charge on any atom is -0.481 e. The van der Waals surface area contributed by atoms with E-state index in [1.165, 1.54) is 0 Å². The molecule has 0 bridgehead atoms. The molecule has 22 heavy (non-hydrogen) atoms. The van der Waals surface area contributed by atoms with Crippen molar-refractivity contribution >= 4 is 11.9 Å². The Balaban J connectivity index is 1.66. The fourth-order valence-electron chi connectivity index (χ4n) is 3.03. The summed E-state index contributed by atoms with van der Waals surface area (Å²) in [6.45, 7) is 0.877. The molecule has 5 nitrogen and oxygen atoms in total. The van der Waals surface area contributed by atoms with Gasteiger partial charge in [0.15, 0.2) is 0 Å². The van der Waals surface area contributed by atoms with Gasteiger partial charge in [-0.05, 0) is 31.2 Å². The molecule has 118 valence electrons. The van der Waals surface area contributed by atoms with Crippen molar-refractivity contribution < 1.29 is 19.4 Å². The van der Waals surface area contributed by atoms with Gasteiger partial charge in [-0.2, -0.15) is 0 Å². The number of benzene rings is 1. The second-order valence-corrected chi connectivity index (χ2v) is 6.25. The van der Waals surface area contributed by atoms with Crippen molar-refractivity contribution in [2.45, 2.75) is 31.8 Å². The number of amides is 1. The summed E-state index contributed by atoms with van der Waals surface area (Å²) < 4.78 is 5.82. The van der Waals surface area contributed by atoms with Crippen LogP contribution in [0.15, 0.2) is 30.3 Å². The average molecular weight is 303 g/mol. The molecular weight excluding hydrogens is 282 g/mol. The largest absolute Gasteiger partial charge is 0.481 e. The number of carbonyl (C=O) groups excluding carboxylic acids is 1. The van der Waals surface area contributed by atoms with E-state index >= 15 is 0 Å². The van der Waals surface area contributed by atoms with E-state index < -0.39 is 11.4 Å². The van der Waals surface area contributed by atoms with Crippen molar-refractivity contribution in [3.05, 3.63) is 35.9 Å². The maximum Gasteiger partial charge on any atom is 0.311 e. The normalized spacial score (nSPS) is 26.2. The highest BCUT2D eigenvalue weighted by Crippen LogP contribution is 2.45. The van der Waals surface area contributed by atoms with Crippen molar-refractivity contribution in [3.8, 4) is 0 Å². The van der Waals surface area contributed by atoms with Crippen molar-refractivity contribution in [1.82, 2.24) is 5.32 Å². The van der Waals surface area contributed by atoms with Crippen molar-refractivity contribution in [3.63, 3.8) is 0 Å². The summed E-state index contributed by atoms with van der Waals surface area (Å²) in [7, 11) is 0. The number of carbonyl (C=O) groups is 2. The third kappa shape index (κ3) is 2.99. The number of hydrogen-bond donors (Lipinski definition) is 2. The SMILES string of the molecule is O=C(NCC1(C(=O)O)CC1)C1CCCOC1c1ccccc1. The monoisotopic (exact) mass is 303 g/mol. The van der Waals surface area contributed by atoms with Crippen molar-refractivity contribution in [1.29, 1.82) is 0 Å². The number of nitrogens with one attached hydrogen (secondary N) is 1. The van der Waals surface area contributed by atoms with Crippen LogP contribution in [0.25, 0.3) is 0 Å². The quantitative estimate of drug-likeness (QED) is 0.874. The van der Waals surface area contributed by atoms with Gasteiger partial charge in [0, 0.05) is 13.2 Å². The molecule has 1 heterocycles. The summed E-state index contributed by atoms with van der Waals surface area (Å²) >= 11 is 0. The molecule has 2 N–H and O–H groups in total. The standard InChI is InChI=1S/C17H21NO4/c19-15(18-11-17(8-9-17)16(20)21)13-7-4-10-22-14(13)12-5-2-1-3-6-12/h1-3,5-6,13-14H,4,7-11H2,(H,18,19)(H,20,21). The molecule has 0 aromatic heterocycles. The lowest BCUT2D eigenvalue weighted by molar-refractivity contribution is -0.143. The maximum atomic E-state index is 12.5. The van der Waals surface area contributed by atoms with Gasteiger partial charge in [-0.3, -0.25) is 9.59 Å². The van der Waals surface area contributed by atoms with Gasteiger partial charge in [0.2, 0.25) is 5.91 Å². The molecule has 1 saturated heterocycles. The maximum absolute atomic E-state index is 12.5. The molecule has 0 radical (unpaired) electrons. The number of hydrogen-bond acceptors (Lipinski definition) is 3. The minimum absolute atomic E-state index is 0.0962. The fraction of sp³-hybridized carbons (Fsp3) is 0.529. The van der Waals surface area contributed by atoms with Crippen LogP contribution in [-0.2, 0) is 14.3 Å². The summed E-state index contributed by atoms with van der Waals surface area (Å²) in [6.07, 6.45) is 2.67. The summed E-state index contributed by atoms with van der Waals surface area (Å²) in [4.78, 5) is 23.7. The number of ether oxygens (including phenoxy) is 1. The Hall–Kier alpha value is -1.88. The molecule has 5 heteroatoms. The first-order valence-corrected chi connectivity index (χ1v) is 7.80. The predicted molar refractivity (Wildman–Crippen MR) is 80.2 cm³/mol. The summed E-state index contributed by atoms with van der Waals surface area (Å²) in [6, 6.07) is 9.74. The van der Waals surface area contributed by atoms with Crippen LogP contribution < -0.4 is 5.32 Å². The van der Waals surface area contributed by atoms with Gasteiger partial charge in [0.25, 0.3) is 0 Å². The molecule has 1 aromatic rings. The van der Waals surface area contributed by atoms with Gasteiger partial charge < -0.3 is 15.2 Å². The molecular formula is C17H21NO4. The lowest BCUT2D eigenvalue weighted by Gasteiger charge is -2.31. The average Bonchev–Trinajstić information content (AvgIpc) is 3.35. The molecule has 2 unspecified atom stereocenters. The highest BCUT2D eigenvalue weighted by atomic mass is 16.5. The van der Waals surface area contributed by atoms with Crippen molar-refractivity contribution in [2.75, 3.05) is 13.2 Å². The van der Waals surface area contributed by atoms with Crippen LogP contribution in [-0.4, -0.2) is 30.1 Å². The van der Waals surface area contributed by atoms with E-state index in [2.05, 4.69) is 5.32 Å². The predicted octanol–water partition coefficient (Wildman–Crippen LogP) is 2.14. The third-order valence-electron chi connectivity index (χ3n) is 4.70. The first-order valence-electron chi connectivity index (χ1n) is 7.80. The second kappa shape index (κ2) is 6.08. The molecule has 3 rings (SSSR count). The molecule has 0 spiro atoms. The van der Waals surface area contributed by atoms with Crippen LogP contribution >= 0.6 is 0 Å². The van der Waals surface area contributed by atoms with E-state index in [1.54, 1.807) is 0 Å². The Morgan fingerprint density at radius 2 is 2.00 bits per heavy atom. The van der Waals surface area contributed by atoms with E-state index in [9.17, 15) is 14.7 Å². The van der Waals surface area contributed by atoms with Crippen LogP contribution in [0.5, 0.6) is 0 Å². The van der Waals surface area contributed by atoms with E-state index in [0.29, 0.717) is 19.4 Å². The molecule has 1 aliphatic carbocycles. The van der Waals surface area contributed by atoms with Gasteiger partial charge >= 0.3 is 5.97 Å². The van der Waals surface area contributed by atoms with Crippen LogP contribution in [0.2, 0.25) is 0 Å². The van der Waals surface area contributed by atoms with E-state index in [4.69, 9.17) is 4.74 Å². The number of carboxylic acid groups (broad SMARTS) is 1. The van der Waals surface area contributed by atoms with Crippen LogP contribution in [0, 0.1) is 11.3 Å². The number of aliphatic carboxylic acids is 1. The lowest BCUT2D eigenvalue weighted by atomic mass is 9.88. The van der Waals surface area contributed by atoms with Gasteiger partial charge in [0.1, 0.15) is 0 Å². The van der Waals surface area contributed by atoms with Crippen LogP contribution in [0.4, 0.5) is 0 Å². The highest BCUT2D eigenvalue weighted by molar-refractivity contribution is 5.82. The van der Waals surface area contributed by atoms with Crippen LogP contribution in [0.3, 0.4) is 0 Å².